The second-order valence-electron chi connectivity index (χ2n) is 4.26. The molecule has 0 spiro atoms. The summed E-state index contributed by atoms with van der Waals surface area (Å²) in [7, 11) is 1.39. The van der Waals surface area contributed by atoms with E-state index in [0.717, 1.165) is 24.9 Å². The van der Waals surface area contributed by atoms with Gasteiger partial charge in [0.2, 0.25) is 0 Å². The predicted molar refractivity (Wildman–Crippen MR) is 62.0 cm³/mol. The van der Waals surface area contributed by atoms with Gasteiger partial charge in [0.15, 0.2) is 0 Å². The molecular formula is C13H16FNO2. The van der Waals surface area contributed by atoms with Crippen LogP contribution in [0.15, 0.2) is 24.3 Å². The third-order valence-corrected chi connectivity index (χ3v) is 3.18. The van der Waals surface area contributed by atoms with E-state index in [2.05, 4.69) is 9.64 Å². The van der Waals surface area contributed by atoms with Crippen LogP contribution in [-0.4, -0.2) is 31.1 Å². The average molecular weight is 237 g/mol. The lowest BCUT2D eigenvalue weighted by molar-refractivity contribution is -0.142. The molecule has 0 bridgehead atoms. The quantitative estimate of drug-likeness (QED) is 0.754. The first kappa shape index (κ1) is 12.0. The zero-order valence-electron chi connectivity index (χ0n) is 9.86. The van der Waals surface area contributed by atoms with Crippen molar-refractivity contribution in [2.75, 3.05) is 20.2 Å². The Labute approximate surface area is 100 Å². The summed E-state index contributed by atoms with van der Waals surface area (Å²) in [5.41, 5.74) is 1.06. The molecular weight excluding hydrogens is 221 g/mol. The lowest BCUT2D eigenvalue weighted by Gasteiger charge is -2.23. The zero-order valence-corrected chi connectivity index (χ0v) is 9.86. The van der Waals surface area contributed by atoms with Crippen molar-refractivity contribution in [3.8, 4) is 0 Å². The predicted octanol–water partition coefficient (Wildman–Crippen LogP) is 2.14. The van der Waals surface area contributed by atoms with Gasteiger partial charge in [-0.25, -0.2) is 4.39 Å². The molecule has 1 fully saturated rings. The first-order valence-corrected chi connectivity index (χ1v) is 5.77. The number of ether oxygens (including phenoxy) is 1. The Morgan fingerprint density at radius 1 is 1.47 bits per heavy atom. The molecule has 0 unspecified atom stereocenters. The number of carbonyl (C=O) groups is 1. The third-order valence-electron chi connectivity index (χ3n) is 3.18. The SMILES string of the molecule is COC(=O)CN1CCC[C@@H]1c1ccc(F)cc1. The highest BCUT2D eigenvalue weighted by Crippen LogP contribution is 2.31. The minimum absolute atomic E-state index is 0.203. The molecule has 1 atom stereocenters. The Hall–Kier alpha value is -1.42. The maximum atomic E-state index is 12.8. The highest BCUT2D eigenvalue weighted by molar-refractivity contribution is 5.71. The van der Waals surface area contributed by atoms with Crippen molar-refractivity contribution >= 4 is 5.97 Å². The van der Waals surface area contributed by atoms with E-state index in [4.69, 9.17) is 0 Å². The number of likely N-dealkylation sites (tertiary alicyclic amines) is 1. The zero-order chi connectivity index (χ0) is 12.3. The molecule has 0 aliphatic carbocycles. The van der Waals surface area contributed by atoms with Crippen LogP contribution >= 0.6 is 0 Å². The molecule has 0 saturated carbocycles. The molecule has 4 heteroatoms. The summed E-state index contributed by atoms with van der Waals surface area (Å²) in [5.74, 6) is -0.453. The summed E-state index contributed by atoms with van der Waals surface area (Å²) in [6, 6.07) is 6.70. The van der Waals surface area contributed by atoms with Crippen molar-refractivity contribution in [2.45, 2.75) is 18.9 Å². The lowest BCUT2D eigenvalue weighted by Crippen LogP contribution is -2.30. The van der Waals surface area contributed by atoms with Gasteiger partial charge in [0.25, 0.3) is 0 Å². The molecule has 1 aromatic rings. The number of carbonyl (C=O) groups excluding carboxylic acids is 1. The van der Waals surface area contributed by atoms with Crippen molar-refractivity contribution in [3.05, 3.63) is 35.6 Å². The summed E-state index contributed by atoms with van der Waals surface area (Å²) in [6.07, 6.45) is 2.06. The summed E-state index contributed by atoms with van der Waals surface area (Å²) in [6.45, 7) is 1.19. The van der Waals surface area contributed by atoms with Gasteiger partial charge >= 0.3 is 5.97 Å². The average Bonchev–Trinajstić information content (AvgIpc) is 2.78. The summed E-state index contributed by atoms with van der Waals surface area (Å²) >= 11 is 0. The van der Waals surface area contributed by atoms with Crippen LogP contribution in [0.2, 0.25) is 0 Å². The summed E-state index contributed by atoms with van der Waals surface area (Å²) in [5, 5.41) is 0. The first-order chi connectivity index (χ1) is 8.20. The Kier molecular flexibility index (Phi) is 3.74. The molecule has 1 aromatic carbocycles. The van der Waals surface area contributed by atoms with Gasteiger partial charge in [0, 0.05) is 6.04 Å². The molecule has 0 aromatic heterocycles. The van der Waals surface area contributed by atoms with E-state index >= 15 is 0 Å². The van der Waals surface area contributed by atoms with Crippen LogP contribution in [0.3, 0.4) is 0 Å². The van der Waals surface area contributed by atoms with E-state index in [1.54, 1.807) is 12.1 Å². The molecule has 1 aliphatic heterocycles. The van der Waals surface area contributed by atoms with E-state index in [0.29, 0.717) is 6.54 Å². The minimum Gasteiger partial charge on any atom is -0.468 e. The minimum atomic E-state index is -0.230. The Balaban J connectivity index is 2.08. The maximum absolute atomic E-state index is 12.8. The molecule has 1 aliphatic rings. The van der Waals surface area contributed by atoms with E-state index in [1.807, 2.05) is 0 Å². The van der Waals surface area contributed by atoms with Crippen LogP contribution in [0.5, 0.6) is 0 Å². The number of benzene rings is 1. The normalized spacial score (nSPS) is 20.5. The van der Waals surface area contributed by atoms with Crippen molar-refractivity contribution in [3.63, 3.8) is 0 Å². The van der Waals surface area contributed by atoms with Gasteiger partial charge in [0.1, 0.15) is 5.82 Å². The Morgan fingerprint density at radius 3 is 2.82 bits per heavy atom. The molecule has 0 amide bonds. The monoisotopic (exact) mass is 237 g/mol. The van der Waals surface area contributed by atoms with Crippen LogP contribution in [-0.2, 0) is 9.53 Å². The number of rotatable bonds is 3. The molecule has 3 nitrogen and oxygen atoms in total. The lowest BCUT2D eigenvalue weighted by atomic mass is 10.0. The summed E-state index contributed by atoms with van der Waals surface area (Å²) < 4.78 is 17.5. The van der Waals surface area contributed by atoms with Crippen molar-refractivity contribution in [2.24, 2.45) is 0 Å². The molecule has 17 heavy (non-hydrogen) atoms. The van der Waals surface area contributed by atoms with Gasteiger partial charge in [0.05, 0.1) is 13.7 Å². The number of hydrogen-bond donors (Lipinski definition) is 0. The van der Waals surface area contributed by atoms with Gasteiger partial charge in [-0.3, -0.25) is 9.69 Å². The Bertz CT molecular complexity index is 391. The van der Waals surface area contributed by atoms with E-state index in [1.165, 1.54) is 19.2 Å². The second kappa shape index (κ2) is 5.27. The van der Waals surface area contributed by atoms with Crippen molar-refractivity contribution in [1.29, 1.82) is 0 Å². The maximum Gasteiger partial charge on any atom is 0.319 e. The van der Waals surface area contributed by atoms with Gasteiger partial charge < -0.3 is 4.74 Å². The number of halogens is 1. The van der Waals surface area contributed by atoms with Crippen LogP contribution in [0.1, 0.15) is 24.4 Å². The van der Waals surface area contributed by atoms with Crippen LogP contribution < -0.4 is 0 Å². The smallest absolute Gasteiger partial charge is 0.319 e. The fourth-order valence-corrected chi connectivity index (χ4v) is 2.31. The summed E-state index contributed by atoms with van der Waals surface area (Å²) in [4.78, 5) is 13.4. The fourth-order valence-electron chi connectivity index (χ4n) is 2.31. The van der Waals surface area contributed by atoms with Crippen molar-refractivity contribution < 1.29 is 13.9 Å². The third kappa shape index (κ3) is 2.82. The number of nitrogens with zero attached hydrogens (tertiary/aromatic N) is 1. The number of esters is 1. The van der Waals surface area contributed by atoms with E-state index in [-0.39, 0.29) is 17.8 Å². The molecule has 1 saturated heterocycles. The van der Waals surface area contributed by atoms with Gasteiger partial charge in [-0.15, -0.1) is 0 Å². The van der Waals surface area contributed by atoms with E-state index in [9.17, 15) is 9.18 Å². The van der Waals surface area contributed by atoms with Gasteiger partial charge in [-0.1, -0.05) is 12.1 Å². The Morgan fingerprint density at radius 2 is 2.18 bits per heavy atom. The highest BCUT2D eigenvalue weighted by atomic mass is 19.1. The second-order valence-corrected chi connectivity index (χ2v) is 4.26. The van der Waals surface area contributed by atoms with Crippen LogP contribution in [0.25, 0.3) is 0 Å². The number of methoxy groups -OCH3 is 1. The number of hydrogen-bond acceptors (Lipinski definition) is 3. The molecule has 1 heterocycles. The highest BCUT2D eigenvalue weighted by Gasteiger charge is 2.27. The topological polar surface area (TPSA) is 29.5 Å². The van der Waals surface area contributed by atoms with Crippen molar-refractivity contribution in [1.82, 2.24) is 4.90 Å². The van der Waals surface area contributed by atoms with Crippen LogP contribution in [0, 0.1) is 5.82 Å². The molecule has 92 valence electrons. The van der Waals surface area contributed by atoms with Gasteiger partial charge in [-0.05, 0) is 37.1 Å². The van der Waals surface area contributed by atoms with Gasteiger partial charge in [-0.2, -0.15) is 0 Å². The van der Waals surface area contributed by atoms with E-state index < -0.39 is 0 Å². The largest absolute Gasteiger partial charge is 0.468 e. The van der Waals surface area contributed by atoms with Crippen LogP contribution in [0.4, 0.5) is 4.39 Å². The molecule has 0 N–H and O–H groups in total. The first-order valence-electron chi connectivity index (χ1n) is 5.77. The standard InChI is InChI=1S/C13H16FNO2/c1-17-13(16)9-15-8-2-3-12(15)10-4-6-11(14)7-5-10/h4-7,12H,2-3,8-9H2,1H3/t12-/m1/s1. The fraction of sp³-hybridized carbons (Fsp3) is 0.462. The molecule has 2 rings (SSSR count). The molecule has 0 radical (unpaired) electrons.